The molecule has 7 heteroatoms. The molecule has 0 radical (unpaired) electrons. The zero-order chi connectivity index (χ0) is 13.5. The van der Waals surface area contributed by atoms with E-state index in [1.54, 1.807) is 30.8 Å². The lowest BCUT2D eigenvalue weighted by atomic mass is 10.00. The summed E-state index contributed by atoms with van der Waals surface area (Å²) in [6.07, 6.45) is 1.63. The Morgan fingerprint density at radius 1 is 1.61 bits per heavy atom. The molecular formula is C11H11ClIN3O2. The van der Waals surface area contributed by atoms with Gasteiger partial charge in [-0.15, -0.1) is 0 Å². The van der Waals surface area contributed by atoms with Gasteiger partial charge in [-0.05, 0) is 36.4 Å². The van der Waals surface area contributed by atoms with E-state index in [4.69, 9.17) is 16.7 Å². The molecule has 0 bridgehead atoms. The maximum absolute atomic E-state index is 11.8. The molecule has 1 N–H and O–H groups in total. The first kappa shape index (κ1) is 13.7. The highest BCUT2D eigenvalue weighted by Crippen LogP contribution is 2.27. The van der Waals surface area contributed by atoms with Crippen LogP contribution in [-0.4, -0.2) is 32.3 Å². The number of ketones is 1. The Kier molecular flexibility index (Phi) is 3.61. The smallest absolute Gasteiger partial charge is 0.185 e. The van der Waals surface area contributed by atoms with Crippen molar-refractivity contribution < 1.29 is 9.90 Å². The van der Waals surface area contributed by atoms with Crippen LogP contribution in [0.15, 0.2) is 12.3 Å². The highest BCUT2D eigenvalue weighted by molar-refractivity contribution is 14.1. The largest absolute Gasteiger partial charge is 0.388 e. The number of hydrogen-bond acceptors (Lipinski definition) is 4. The summed E-state index contributed by atoms with van der Waals surface area (Å²) in [6.45, 7) is 2.90. The Balaban J connectivity index is 2.72. The molecule has 0 amide bonds. The fraction of sp³-hybridized carbons (Fsp3) is 0.364. The van der Waals surface area contributed by atoms with Crippen molar-refractivity contribution in [1.29, 1.82) is 0 Å². The van der Waals surface area contributed by atoms with E-state index in [0.717, 1.165) is 14.6 Å². The molecule has 18 heavy (non-hydrogen) atoms. The third-order valence-electron chi connectivity index (χ3n) is 2.84. The summed E-state index contributed by atoms with van der Waals surface area (Å²) in [5, 5.41) is 14.6. The third-order valence-corrected chi connectivity index (χ3v) is 3.85. The van der Waals surface area contributed by atoms with Gasteiger partial charge in [-0.25, -0.2) is 4.98 Å². The van der Waals surface area contributed by atoms with E-state index in [1.807, 2.05) is 0 Å². The summed E-state index contributed by atoms with van der Waals surface area (Å²) in [6, 6.07) is 1.67. The number of pyridine rings is 1. The number of aliphatic hydroxyl groups excluding tert-OH is 1. The van der Waals surface area contributed by atoms with E-state index in [1.165, 1.54) is 0 Å². The number of nitrogens with zero attached hydrogens (tertiary/aromatic N) is 3. The Labute approximate surface area is 122 Å². The maximum atomic E-state index is 11.8. The average Bonchev–Trinajstić information content (AvgIpc) is 2.65. The molecule has 96 valence electrons. The van der Waals surface area contributed by atoms with Crippen LogP contribution in [0.5, 0.6) is 0 Å². The Morgan fingerprint density at radius 3 is 2.89 bits per heavy atom. The lowest BCUT2D eigenvalue weighted by Crippen LogP contribution is -2.38. The molecule has 2 heterocycles. The van der Waals surface area contributed by atoms with E-state index in [-0.39, 0.29) is 5.78 Å². The SMILES string of the molecule is CC(C)(C(=O)CO)n1nc(I)c2cnc(Cl)cc21. The van der Waals surface area contributed by atoms with E-state index in [0.29, 0.717) is 5.15 Å². The highest BCUT2D eigenvalue weighted by Gasteiger charge is 2.32. The maximum Gasteiger partial charge on any atom is 0.185 e. The first-order valence-corrected chi connectivity index (χ1v) is 6.68. The van der Waals surface area contributed by atoms with Crippen LogP contribution in [0.3, 0.4) is 0 Å². The summed E-state index contributed by atoms with van der Waals surface area (Å²) >= 11 is 7.95. The van der Waals surface area contributed by atoms with E-state index < -0.39 is 12.1 Å². The molecule has 0 atom stereocenters. The van der Waals surface area contributed by atoms with Gasteiger partial charge in [0.25, 0.3) is 0 Å². The molecule has 0 spiro atoms. The van der Waals surface area contributed by atoms with Gasteiger partial charge in [-0.3, -0.25) is 9.48 Å². The van der Waals surface area contributed by atoms with Gasteiger partial charge >= 0.3 is 0 Å². The van der Waals surface area contributed by atoms with Crippen molar-refractivity contribution in [3.8, 4) is 0 Å². The summed E-state index contributed by atoms with van der Waals surface area (Å²) in [4.78, 5) is 15.8. The number of aliphatic hydroxyl groups is 1. The van der Waals surface area contributed by atoms with Gasteiger partial charge < -0.3 is 5.11 Å². The molecule has 0 aliphatic carbocycles. The molecule has 0 aliphatic rings. The van der Waals surface area contributed by atoms with Gasteiger partial charge in [0.2, 0.25) is 0 Å². The summed E-state index contributed by atoms with van der Waals surface area (Å²) in [7, 11) is 0. The van der Waals surface area contributed by atoms with Crippen molar-refractivity contribution in [2.75, 3.05) is 6.61 Å². The molecule has 0 saturated heterocycles. The van der Waals surface area contributed by atoms with Crippen molar-refractivity contribution in [3.05, 3.63) is 21.1 Å². The topological polar surface area (TPSA) is 68.0 Å². The molecule has 0 saturated carbocycles. The van der Waals surface area contributed by atoms with Crippen LogP contribution in [0.1, 0.15) is 13.8 Å². The number of aromatic nitrogens is 3. The predicted molar refractivity (Wildman–Crippen MR) is 76.7 cm³/mol. The van der Waals surface area contributed by atoms with Gasteiger partial charge in [-0.2, -0.15) is 5.10 Å². The number of hydrogen-bond donors (Lipinski definition) is 1. The molecular weight excluding hydrogens is 368 g/mol. The quantitative estimate of drug-likeness (QED) is 0.654. The lowest BCUT2D eigenvalue weighted by molar-refractivity contribution is -0.129. The van der Waals surface area contributed by atoms with Gasteiger partial charge in [0, 0.05) is 12.3 Å². The van der Waals surface area contributed by atoms with Crippen LogP contribution < -0.4 is 0 Å². The van der Waals surface area contributed by atoms with Crippen molar-refractivity contribution in [2.24, 2.45) is 0 Å². The molecule has 0 unspecified atom stereocenters. The number of halogens is 2. The second-order valence-electron chi connectivity index (χ2n) is 4.37. The number of rotatable bonds is 3. The monoisotopic (exact) mass is 379 g/mol. The molecule has 0 aromatic carbocycles. The fourth-order valence-corrected chi connectivity index (χ4v) is 2.47. The molecule has 2 aromatic heterocycles. The molecule has 2 aromatic rings. The first-order chi connectivity index (χ1) is 8.37. The van der Waals surface area contributed by atoms with E-state index in [2.05, 4.69) is 32.7 Å². The van der Waals surface area contributed by atoms with Crippen LogP contribution in [-0.2, 0) is 10.3 Å². The Bertz CT molecular complexity index is 624. The molecule has 2 rings (SSSR count). The van der Waals surface area contributed by atoms with Gasteiger partial charge in [0.1, 0.15) is 21.0 Å². The third kappa shape index (κ3) is 2.12. The van der Waals surface area contributed by atoms with E-state index in [9.17, 15) is 4.79 Å². The Morgan fingerprint density at radius 2 is 2.28 bits per heavy atom. The Hall–Kier alpha value is -0.730. The van der Waals surface area contributed by atoms with Crippen molar-refractivity contribution in [2.45, 2.75) is 19.4 Å². The van der Waals surface area contributed by atoms with Crippen molar-refractivity contribution in [1.82, 2.24) is 14.8 Å². The van der Waals surface area contributed by atoms with Crippen LogP contribution in [0.25, 0.3) is 10.9 Å². The second kappa shape index (κ2) is 4.75. The number of carbonyl (C=O) groups is 1. The normalized spacial score (nSPS) is 12.1. The van der Waals surface area contributed by atoms with Gasteiger partial charge in [-0.1, -0.05) is 11.6 Å². The standard InChI is InChI=1S/C11H11ClIN3O2/c1-11(2,8(18)5-17)16-7-3-9(12)14-4-6(7)10(13)15-16/h3-4,17H,5H2,1-2H3. The zero-order valence-corrected chi connectivity index (χ0v) is 12.7. The summed E-state index contributed by atoms with van der Waals surface area (Å²) in [5.41, 5.74) is -0.201. The number of Topliss-reactive ketones (excluding diaryl/α,β-unsaturated/α-hetero) is 1. The lowest BCUT2D eigenvalue weighted by Gasteiger charge is -2.23. The van der Waals surface area contributed by atoms with Gasteiger partial charge in [0.05, 0.1) is 10.9 Å². The van der Waals surface area contributed by atoms with Crippen molar-refractivity contribution >= 4 is 50.9 Å². The minimum Gasteiger partial charge on any atom is -0.388 e. The molecule has 0 fully saturated rings. The summed E-state index contributed by atoms with van der Waals surface area (Å²) in [5.74, 6) is -0.309. The minimum atomic E-state index is -0.929. The van der Waals surface area contributed by atoms with Crippen LogP contribution in [0.4, 0.5) is 0 Å². The van der Waals surface area contributed by atoms with Gasteiger partial charge in [0.15, 0.2) is 5.78 Å². The molecule has 5 nitrogen and oxygen atoms in total. The molecule has 0 aliphatic heterocycles. The summed E-state index contributed by atoms with van der Waals surface area (Å²) < 4.78 is 2.32. The fourth-order valence-electron chi connectivity index (χ4n) is 1.69. The zero-order valence-electron chi connectivity index (χ0n) is 9.81. The van der Waals surface area contributed by atoms with E-state index >= 15 is 0 Å². The predicted octanol–water partition coefficient (Wildman–Crippen LogP) is 1.99. The van der Waals surface area contributed by atoms with Crippen LogP contribution in [0, 0.1) is 3.70 Å². The average molecular weight is 380 g/mol. The number of carbonyl (C=O) groups excluding carboxylic acids is 1. The van der Waals surface area contributed by atoms with Crippen LogP contribution in [0.2, 0.25) is 5.15 Å². The van der Waals surface area contributed by atoms with Crippen LogP contribution >= 0.6 is 34.2 Å². The number of fused-ring (bicyclic) bond motifs is 1. The minimum absolute atomic E-state index is 0.309. The van der Waals surface area contributed by atoms with Crippen molar-refractivity contribution in [3.63, 3.8) is 0 Å². The second-order valence-corrected chi connectivity index (χ2v) is 5.78. The highest BCUT2D eigenvalue weighted by atomic mass is 127. The first-order valence-electron chi connectivity index (χ1n) is 5.22.